The van der Waals surface area contributed by atoms with E-state index in [0.717, 1.165) is 12.3 Å². The number of nitrogens with one attached hydrogen (secondary N) is 1. The summed E-state index contributed by atoms with van der Waals surface area (Å²) in [7, 11) is 0. The first-order chi connectivity index (χ1) is 5.52. The van der Waals surface area contributed by atoms with Crippen LogP contribution in [-0.2, 0) is 0 Å². The first-order valence-corrected chi connectivity index (χ1v) is 5.39. The molecule has 0 aliphatic carbocycles. The maximum atomic E-state index is 5.71. The summed E-state index contributed by atoms with van der Waals surface area (Å²) in [4.78, 5) is 0. The lowest BCUT2D eigenvalue weighted by Crippen LogP contribution is -2.44. The van der Waals surface area contributed by atoms with Gasteiger partial charge in [0.1, 0.15) is 0 Å². The van der Waals surface area contributed by atoms with Crippen molar-refractivity contribution in [3.8, 4) is 0 Å². The van der Waals surface area contributed by atoms with Crippen LogP contribution in [0.2, 0.25) is 0 Å². The molecule has 12 heavy (non-hydrogen) atoms. The molecule has 1 N–H and O–H groups in total. The highest BCUT2D eigenvalue weighted by Gasteiger charge is 2.18. The van der Waals surface area contributed by atoms with E-state index in [1.54, 1.807) is 0 Å². The van der Waals surface area contributed by atoms with Crippen LogP contribution in [0.1, 0.15) is 47.0 Å². The van der Waals surface area contributed by atoms with Crippen molar-refractivity contribution in [3.63, 3.8) is 0 Å². The molecule has 0 aliphatic rings. The molecule has 0 spiro atoms. The van der Waals surface area contributed by atoms with Gasteiger partial charge in [-0.25, -0.2) is 0 Å². The van der Waals surface area contributed by atoms with Gasteiger partial charge in [-0.05, 0) is 33.6 Å². The molecule has 0 bridgehead atoms. The zero-order valence-electron chi connectivity index (χ0n) is 8.78. The molecule has 0 aromatic heterocycles. The highest BCUT2D eigenvalue weighted by molar-refractivity contribution is 6.17. The van der Waals surface area contributed by atoms with Crippen molar-refractivity contribution in [2.75, 3.05) is 5.88 Å². The van der Waals surface area contributed by atoms with Gasteiger partial charge in [-0.2, -0.15) is 0 Å². The van der Waals surface area contributed by atoms with E-state index in [1.165, 1.54) is 12.8 Å². The molecule has 1 unspecified atom stereocenters. The molecule has 0 rings (SSSR count). The van der Waals surface area contributed by atoms with Crippen molar-refractivity contribution < 1.29 is 0 Å². The zero-order valence-corrected chi connectivity index (χ0v) is 9.54. The van der Waals surface area contributed by atoms with E-state index in [-0.39, 0.29) is 5.54 Å². The molecule has 2 heteroatoms. The minimum atomic E-state index is 0.191. The second kappa shape index (κ2) is 5.82. The van der Waals surface area contributed by atoms with Crippen LogP contribution in [0.4, 0.5) is 0 Å². The molecule has 0 aromatic rings. The van der Waals surface area contributed by atoms with Gasteiger partial charge in [-0.3, -0.25) is 0 Å². The number of alkyl halides is 1. The van der Waals surface area contributed by atoms with Gasteiger partial charge >= 0.3 is 0 Å². The highest BCUT2D eigenvalue weighted by Crippen LogP contribution is 2.11. The van der Waals surface area contributed by atoms with Crippen LogP contribution in [0.5, 0.6) is 0 Å². The van der Waals surface area contributed by atoms with Gasteiger partial charge in [0.15, 0.2) is 0 Å². The smallest absolute Gasteiger partial charge is 0.0240 e. The van der Waals surface area contributed by atoms with E-state index in [4.69, 9.17) is 11.6 Å². The van der Waals surface area contributed by atoms with Crippen LogP contribution in [0.3, 0.4) is 0 Å². The van der Waals surface area contributed by atoms with Crippen LogP contribution in [0, 0.1) is 0 Å². The summed E-state index contributed by atoms with van der Waals surface area (Å²) in [6, 6.07) is 0.605. The van der Waals surface area contributed by atoms with E-state index in [0.29, 0.717) is 6.04 Å². The highest BCUT2D eigenvalue weighted by atomic mass is 35.5. The van der Waals surface area contributed by atoms with Crippen molar-refractivity contribution >= 4 is 11.6 Å². The monoisotopic (exact) mass is 191 g/mol. The Morgan fingerprint density at radius 2 is 2.00 bits per heavy atom. The van der Waals surface area contributed by atoms with Gasteiger partial charge in [0.05, 0.1) is 0 Å². The molecule has 74 valence electrons. The molecule has 0 saturated carbocycles. The Morgan fingerprint density at radius 1 is 1.42 bits per heavy atom. The predicted octanol–water partition coefficient (Wildman–Crippen LogP) is 3.17. The van der Waals surface area contributed by atoms with Crippen molar-refractivity contribution in [3.05, 3.63) is 0 Å². The van der Waals surface area contributed by atoms with Gasteiger partial charge in [-0.1, -0.05) is 13.3 Å². The van der Waals surface area contributed by atoms with Crippen LogP contribution in [0.15, 0.2) is 0 Å². The number of halogens is 1. The van der Waals surface area contributed by atoms with Crippen LogP contribution < -0.4 is 5.32 Å². The molecule has 0 heterocycles. The van der Waals surface area contributed by atoms with Crippen molar-refractivity contribution in [1.29, 1.82) is 0 Å². The fourth-order valence-electron chi connectivity index (χ4n) is 1.48. The summed E-state index contributed by atoms with van der Waals surface area (Å²) in [5, 5.41) is 3.57. The standard InChI is InChI=1S/C10H22ClN/c1-5-6-9(2)12-10(3,4)7-8-11/h9,12H,5-8H2,1-4H3. The summed E-state index contributed by atoms with van der Waals surface area (Å²) >= 11 is 5.71. The Kier molecular flexibility index (Phi) is 5.94. The summed E-state index contributed by atoms with van der Waals surface area (Å²) in [5.74, 6) is 0.735. The predicted molar refractivity (Wildman–Crippen MR) is 56.9 cm³/mol. The maximum Gasteiger partial charge on any atom is 0.0240 e. The molecule has 0 aliphatic heterocycles. The minimum Gasteiger partial charge on any atom is -0.309 e. The third-order valence-electron chi connectivity index (χ3n) is 2.08. The Hall–Kier alpha value is 0.250. The van der Waals surface area contributed by atoms with E-state index in [2.05, 4.69) is 33.0 Å². The fourth-order valence-corrected chi connectivity index (χ4v) is 1.95. The maximum absolute atomic E-state index is 5.71. The molecule has 0 saturated heterocycles. The van der Waals surface area contributed by atoms with Gasteiger partial charge in [0.2, 0.25) is 0 Å². The lowest BCUT2D eigenvalue weighted by Gasteiger charge is -2.29. The molecule has 0 fully saturated rings. The third kappa shape index (κ3) is 5.84. The SMILES string of the molecule is CCCC(C)NC(C)(C)CCCl. The van der Waals surface area contributed by atoms with E-state index in [9.17, 15) is 0 Å². The second-order valence-corrected chi connectivity index (χ2v) is 4.53. The van der Waals surface area contributed by atoms with Crippen molar-refractivity contribution in [2.45, 2.75) is 58.5 Å². The van der Waals surface area contributed by atoms with Crippen LogP contribution >= 0.6 is 11.6 Å². The Bertz CT molecular complexity index is 112. The minimum absolute atomic E-state index is 0.191. The molecule has 1 atom stereocenters. The Labute approximate surface area is 81.9 Å². The number of hydrogen-bond donors (Lipinski definition) is 1. The first-order valence-electron chi connectivity index (χ1n) is 4.85. The molecule has 0 aromatic carbocycles. The quantitative estimate of drug-likeness (QED) is 0.636. The summed E-state index contributed by atoms with van der Waals surface area (Å²) in [6.45, 7) is 8.87. The molecule has 0 radical (unpaired) electrons. The second-order valence-electron chi connectivity index (χ2n) is 4.16. The van der Waals surface area contributed by atoms with Gasteiger partial charge in [0.25, 0.3) is 0 Å². The average Bonchev–Trinajstić information content (AvgIpc) is 1.85. The number of rotatable bonds is 6. The van der Waals surface area contributed by atoms with E-state index < -0.39 is 0 Å². The largest absolute Gasteiger partial charge is 0.309 e. The summed E-state index contributed by atoms with van der Waals surface area (Å²) in [5.41, 5.74) is 0.191. The Balaban J connectivity index is 3.70. The van der Waals surface area contributed by atoms with Crippen LogP contribution in [-0.4, -0.2) is 17.5 Å². The van der Waals surface area contributed by atoms with E-state index in [1.807, 2.05) is 0 Å². The lowest BCUT2D eigenvalue weighted by molar-refractivity contribution is 0.325. The van der Waals surface area contributed by atoms with Gasteiger partial charge < -0.3 is 5.32 Å². The molecule has 1 nitrogen and oxygen atoms in total. The third-order valence-corrected chi connectivity index (χ3v) is 2.27. The normalized spacial score (nSPS) is 14.8. The van der Waals surface area contributed by atoms with Gasteiger partial charge in [-0.15, -0.1) is 11.6 Å². The van der Waals surface area contributed by atoms with Gasteiger partial charge in [0, 0.05) is 17.5 Å². The number of hydrogen-bond acceptors (Lipinski definition) is 1. The topological polar surface area (TPSA) is 12.0 Å². The first kappa shape index (κ1) is 12.2. The van der Waals surface area contributed by atoms with Crippen molar-refractivity contribution in [2.24, 2.45) is 0 Å². The fraction of sp³-hybridized carbons (Fsp3) is 1.00. The van der Waals surface area contributed by atoms with Crippen molar-refractivity contribution in [1.82, 2.24) is 5.32 Å². The summed E-state index contributed by atoms with van der Waals surface area (Å²) < 4.78 is 0. The Morgan fingerprint density at radius 3 is 2.42 bits per heavy atom. The summed E-state index contributed by atoms with van der Waals surface area (Å²) in [6.07, 6.45) is 3.51. The average molecular weight is 192 g/mol. The lowest BCUT2D eigenvalue weighted by atomic mass is 9.99. The van der Waals surface area contributed by atoms with Crippen LogP contribution in [0.25, 0.3) is 0 Å². The van der Waals surface area contributed by atoms with E-state index >= 15 is 0 Å². The molecular formula is C10H22ClN. The molecule has 0 amide bonds. The molecular weight excluding hydrogens is 170 g/mol. The zero-order chi connectivity index (χ0) is 9.61.